The number of hydrogen-bond acceptors (Lipinski definition) is 3. The Morgan fingerprint density at radius 2 is 1.64 bits per heavy atom. The Bertz CT molecular complexity index is 754. The van der Waals surface area contributed by atoms with Crippen molar-refractivity contribution >= 4 is 6.09 Å². The van der Waals surface area contributed by atoms with Gasteiger partial charge in [-0.3, -0.25) is 0 Å². The van der Waals surface area contributed by atoms with E-state index in [1.165, 1.54) is 5.56 Å². The number of amides is 1. The fourth-order valence-electron chi connectivity index (χ4n) is 4.10. The second-order valence-electron chi connectivity index (χ2n) is 8.68. The van der Waals surface area contributed by atoms with E-state index < -0.39 is 5.60 Å². The summed E-state index contributed by atoms with van der Waals surface area (Å²) in [5.41, 5.74) is 1.78. The van der Waals surface area contributed by atoms with Crippen LogP contribution in [0.4, 0.5) is 4.79 Å². The molecule has 3 atom stereocenters. The van der Waals surface area contributed by atoms with Crippen LogP contribution in [0.15, 0.2) is 60.7 Å². The average Bonchev–Trinajstić information content (AvgIpc) is 3.10. The van der Waals surface area contributed by atoms with Gasteiger partial charge in [0.2, 0.25) is 0 Å². The Balaban J connectivity index is 1.85. The summed E-state index contributed by atoms with van der Waals surface area (Å²) < 4.78 is 5.72. The largest absolute Gasteiger partial charge is 0.444 e. The van der Waals surface area contributed by atoms with Crippen LogP contribution in [-0.2, 0) is 11.3 Å². The summed E-state index contributed by atoms with van der Waals surface area (Å²) in [6.07, 6.45) is 1.40. The van der Waals surface area contributed by atoms with Gasteiger partial charge in [-0.25, -0.2) is 4.79 Å². The van der Waals surface area contributed by atoms with Crippen molar-refractivity contribution < 1.29 is 14.6 Å². The molecule has 3 rings (SSSR count). The standard InChI is InChI=1S/C24H31NO3/c1-24(2,3)28-23(27)25(16-18-10-6-4-7-11-18)22-15-20(14-21(22)17-26)19-12-8-5-9-13-19/h4-13,20-22,26H,14-17H2,1-3H3/t20-,21-,22-/m0/s1. The lowest BCUT2D eigenvalue weighted by atomic mass is 9.97. The summed E-state index contributed by atoms with van der Waals surface area (Å²) in [6.45, 7) is 6.21. The third-order valence-electron chi connectivity index (χ3n) is 5.39. The zero-order valence-corrected chi connectivity index (χ0v) is 17.0. The van der Waals surface area contributed by atoms with Crippen molar-refractivity contribution in [2.75, 3.05) is 6.61 Å². The zero-order valence-electron chi connectivity index (χ0n) is 17.0. The summed E-state index contributed by atoms with van der Waals surface area (Å²) in [5.74, 6) is 0.380. The van der Waals surface area contributed by atoms with Crippen LogP contribution in [0, 0.1) is 5.92 Å². The molecule has 2 aromatic rings. The summed E-state index contributed by atoms with van der Waals surface area (Å²) in [5, 5.41) is 10.1. The molecule has 0 spiro atoms. The highest BCUT2D eigenvalue weighted by atomic mass is 16.6. The van der Waals surface area contributed by atoms with Gasteiger partial charge in [-0.1, -0.05) is 60.7 Å². The molecule has 4 nitrogen and oxygen atoms in total. The van der Waals surface area contributed by atoms with Crippen molar-refractivity contribution in [3.8, 4) is 0 Å². The van der Waals surface area contributed by atoms with Crippen molar-refractivity contribution in [3.63, 3.8) is 0 Å². The lowest BCUT2D eigenvalue weighted by Gasteiger charge is -2.34. The van der Waals surface area contributed by atoms with Crippen LogP contribution in [0.5, 0.6) is 0 Å². The van der Waals surface area contributed by atoms with E-state index in [9.17, 15) is 9.90 Å². The first kappa shape index (κ1) is 20.4. The third kappa shape index (κ3) is 5.14. The topological polar surface area (TPSA) is 49.8 Å². The van der Waals surface area contributed by atoms with Crippen molar-refractivity contribution in [3.05, 3.63) is 71.8 Å². The molecule has 0 unspecified atom stereocenters. The molecule has 150 valence electrons. The lowest BCUT2D eigenvalue weighted by Crippen LogP contribution is -2.45. The van der Waals surface area contributed by atoms with Gasteiger partial charge in [-0.05, 0) is 50.7 Å². The highest BCUT2D eigenvalue weighted by molar-refractivity contribution is 5.68. The number of benzene rings is 2. The van der Waals surface area contributed by atoms with Crippen molar-refractivity contribution in [2.24, 2.45) is 5.92 Å². The molecule has 1 fully saturated rings. The van der Waals surface area contributed by atoms with Gasteiger partial charge < -0.3 is 14.7 Å². The molecule has 1 saturated carbocycles. The van der Waals surface area contributed by atoms with E-state index in [0.29, 0.717) is 12.5 Å². The minimum absolute atomic E-state index is 0.0430. The first-order valence-electron chi connectivity index (χ1n) is 10.1. The van der Waals surface area contributed by atoms with Crippen molar-refractivity contribution in [1.82, 2.24) is 4.90 Å². The SMILES string of the molecule is CC(C)(C)OC(=O)N(Cc1ccccc1)[C@H]1C[C@@H](c2ccccc2)C[C@H]1CO. The van der Waals surface area contributed by atoms with Crippen LogP contribution in [0.2, 0.25) is 0 Å². The molecular formula is C24H31NO3. The zero-order chi connectivity index (χ0) is 20.1. The smallest absolute Gasteiger partial charge is 0.410 e. The number of aliphatic hydroxyl groups is 1. The van der Waals surface area contributed by atoms with E-state index in [1.54, 1.807) is 0 Å². The molecular weight excluding hydrogens is 350 g/mol. The Morgan fingerprint density at radius 3 is 2.21 bits per heavy atom. The van der Waals surface area contributed by atoms with Gasteiger partial charge in [0.05, 0.1) is 0 Å². The van der Waals surface area contributed by atoms with Crippen molar-refractivity contribution in [1.29, 1.82) is 0 Å². The summed E-state index contributed by atoms with van der Waals surface area (Å²) >= 11 is 0. The number of ether oxygens (including phenoxy) is 1. The van der Waals surface area contributed by atoms with E-state index in [-0.39, 0.29) is 24.7 Å². The lowest BCUT2D eigenvalue weighted by molar-refractivity contribution is 0.00647. The predicted molar refractivity (Wildman–Crippen MR) is 111 cm³/mol. The van der Waals surface area contributed by atoms with E-state index in [4.69, 9.17) is 4.74 Å². The molecule has 0 aliphatic heterocycles. The number of aliphatic hydroxyl groups excluding tert-OH is 1. The van der Waals surface area contributed by atoms with Crippen LogP contribution < -0.4 is 0 Å². The number of rotatable bonds is 5. The van der Waals surface area contributed by atoms with Gasteiger partial charge in [0.25, 0.3) is 0 Å². The van der Waals surface area contributed by atoms with Crippen LogP contribution in [-0.4, -0.2) is 34.3 Å². The van der Waals surface area contributed by atoms with Crippen LogP contribution >= 0.6 is 0 Å². The molecule has 0 radical (unpaired) electrons. The molecule has 0 saturated heterocycles. The van der Waals surface area contributed by atoms with E-state index in [2.05, 4.69) is 12.1 Å². The molecule has 1 aliphatic carbocycles. The predicted octanol–water partition coefficient (Wildman–Crippen LogP) is 4.98. The summed E-state index contributed by atoms with van der Waals surface area (Å²) in [7, 11) is 0. The maximum absolute atomic E-state index is 13.1. The maximum atomic E-state index is 13.1. The van der Waals surface area contributed by atoms with Gasteiger partial charge >= 0.3 is 6.09 Å². The number of carbonyl (C=O) groups excluding carboxylic acids is 1. The number of nitrogens with zero attached hydrogens (tertiary/aromatic N) is 1. The molecule has 0 heterocycles. The summed E-state index contributed by atoms with van der Waals surface area (Å²) in [6, 6.07) is 20.3. The molecule has 4 heteroatoms. The first-order chi connectivity index (χ1) is 13.4. The van der Waals surface area contributed by atoms with Gasteiger partial charge in [-0.15, -0.1) is 0 Å². The van der Waals surface area contributed by atoms with Gasteiger partial charge in [0.15, 0.2) is 0 Å². The van der Waals surface area contributed by atoms with Gasteiger partial charge in [0.1, 0.15) is 5.60 Å². The van der Waals surface area contributed by atoms with Gasteiger partial charge in [0, 0.05) is 25.1 Å². The maximum Gasteiger partial charge on any atom is 0.410 e. The Morgan fingerprint density at radius 1 is 1.04 bits per heavy atom. The molecule has 1 aliphatic rings. The number of hydrogen-bond donors (Lipinski definition) is 1. The van der Waals surface area contributed by atoms with E-state index in [1.807, 2.05) is 74.2 Å². The van der Waals surface area contributed by atoms with Crippen LogP contribution in [0.1, 0.15) is 50.7 Å². The molecule has 28 heavy (non-hydrogen) atoms. The minimum Gasteiger partial charge on any atom is -0.444 e. The van der Waals surface area contributed by atoms with E-state index >= 15 is 0 Å². The Labute approximate surface area is 168 Å². The van der Waals surface area contributed by atoms with Crippen molar-refractivity contribution in [2.45, 2.75) is 57.7 Å². The molecule has 1 amide bonds. The Kier molecular flexibility index (Phi) is 6.40. The van der Waals surface area contributed by atoms with Crippen LogP contribution in [0.3, 0.4) is 0 Å². The second-order valence-corrected chi connectivity index (χ2v) is 8.68. The monoisotopic (exact) mass is 381 g/mol. The molecule has 2 aromatic carbocycles. The van der Waals surface area contributed by atoms with Crippen LogP contribution in [0.25, 0.3) is 0 Å². The minimum atomic E-state index is -0.557. The number of carbonyl (C=O) groups is 1. The highest BCUT2D eigenvalue weighted by Gasteiger charge is 2.41. The quantitative estimate of drug-likeness (QED) is 0.795. The molecule has 1 N–H and O–H groups in total. The summed E-state index contributed by atoms with van der Waals surface area (Å²) in [4.78, 5) is 14.9. The Hall–Kier alpha value is -2.33. The molecule has 0 bridgehead atoms. The molecule has 0 aromatic heterocycles. The third-order valence-corrected chi connectivity index (χ3v) is 5.39. The second kappa shape index (κ2) is 8.78. The van der Waals surface area contributed by atoms with E-state index in [0.717, 1.165) is 18.4 Å². The first-order valence-corrected chi connectivity index (χ1v) is 10.1. The average molecular weight is 382 g/mol. The van der Waals surface area contributed by atoms with Gasteiger partial charge in [-0.2, -0.15) is 0 Å². The highest BCUT2D eigenvalue weighted by Crippen LogP contribution is 2.41. The fourth-order valence-corrected chi connectivity index (χ4v) is 4.10. The normalized spacial score (nSPS) is 22.1. The fraction of sp³-hybridized carbons (Fsp3) is 0.458.